The van der Waals surface area contributed by atoms with E-state index in [0.29, 0.717) is 37.1 Å². The molecule has 9 nitrogen and oxygen atoms in total. The molecule has 0 heterocycles. The van der Waals surface area contributed by atoms with E-state index >= 15 is 0 Å². The lowest BCUT2D eigenvalue weighted by Gasteiger charge is -2.14. The highest BCUT2D eigenvalue weighted by molar-refractivity contribution is 5.79. The molecule has 0 aliphatic carbocycles. The van der Waals surface area contributed by atoms with Gasteiger partial charge in [-0.3, -0.25) is 15.1 Å². The smallest absolute Gasteiger partial charge is 0.269 e. The Morgan fingerprint density at radius 3 is 2.36 bits per heavy atom. The number of nitro benzene ring substituents is 1. The lowest BCUT2D eigenvalue weighted by atomic mass is 10.2. The monoisotopic (exact) mass is 387 g/mol. The van der Waals surface area contributed by atoms with Crippen LogP contribution in [0, 0.1) is 10.1 Å². The molecule has 0 saturated carbocycles. The zero-order valence-electron chi connectivity index (χ0n) is 16.2. The van der Waals surface area contributed by atoms with Crippen LogP contribution in [0.2, 0.25) is 0 Å². The van der Waals surface area contributed by atoms with Crippen LogP contribution in [0.3, 0.4) is 0 Å². The molecule has 0 fully saturated rings. The van der Waals surface area contributed by atoms with Gasteiger partial charge in [0.2, 0.25) is 0 Å². The normalized spacial score (nSPS) is 10.9. The number of hydrogen-bond acceptors (Lipinski definition) is 6. The number of nitro groups is 1. The van der Waals surface area contributed by atoms with Crippen LogP contribution in [-0.4, -0.2) is 45.2 Å². The van der Waals surface area contributed by atoms with E-state index in [1.54, 1.807) is 33.4 Å². The van der Waals surface area contributed by atoms with Crippen molar-refractivity contribution in [2.45, 2.75) is 6.54 Å². The first kappa shape index (κ1) is 20.8. The molecule has 0 bridgehead atoms. The van der Waals surface area contributed by atoms with Crippen molar-refractivity contribution in [3.63, 3.8) is 0 Å². The van der Waals surface area contributed by atoms with Gasteiger partial charge in [-0.25, -0.2) is 0 Å². The molecule has 0 radical (unpaired) electrons. The Bertz CT molecular complexity index is 808. The second-order valence-corrected chi connectivity index (χ2v) is 5.77. The summed E-state index contributed by atoms with van der Waals surface area (Å²) in [4.78, 5) is 14.4. The second kappa shape index (κ2) is 10.6. The van der Waals surface area contributed by atoms with E-state index in [4.69, 9.17) is 9.47 Å². The lowest BCUT2D eigenvalue weighted by molar-refractivity contribution is -0.384. The maximum atomic E-state index is 10.7. The Kier molecular flexibility index (Phi) is 7.89. The van der Waals surface area contributed by atoms with Crippen molar-refractivity contribution in [1.82, 2.24) is 10.6 Å². The topological polar surface area (TPSA) is 110 Å². The number of ether oxygens (including phenoxy) is 2. The number of nitrogens with zero attached hydrogens (tertiary/aromatic N) is 2. The van der Waals surface area contributed by atoms with Crippen LogP contribution in [0.15, 0.2) is 47.5 Å². The largest absolute Gasteiger partial charge is 0.493 e. The van der Waals surface area contributed by atoms with Crippen molar-refractivity contribution in [2.24, 2.45) is 4.99 Å². The second-order valence-electron chi connectivity index (χ2n) is 5.77. The summed E-state index contributed by atoms with van der Waals surface area (Å²) in [5.74, 6) is 2.03. The Morgan fingerprint density at radius 2 is 1.75 bits per heavy atom. The van der Waals surface area contributed by atoms with E-state index < -0.39 is 4.92 Å². The number of non-ortho nitro benzene ring substituents is 1. The Labute approximate surface area is 163 Å². The van der Waals surface area contributed by atoms with Gasteiger partial charge in [-0.15, -0.1) is 0 Å². The third kappa shape index (κ3) is 6.04. The van der Waals surface area contributed by atoms with Crippen LogP contribution in [0.4, 0.5) is 11.4 Å². The van der Waals surface area contributed by atoms with Gasteiger partial charge in [0.25, 0.3) is 5.69 Å². The first-order chi connectivity index (χ1) is 13.6. The highest BCUT2D eigenvalue weighted by atomic mass is 16.6. The van der Waals surface area contributed by atoms with E-state index in [1.807, 2.05) is 18.2 Å². The van der Waals surface area contributed by atoms with Gasteiger partial charge in [0.1, 0.15) is 0 Å². The molecule has 0 aromatic heterocycles. The molecule has 0 aliphatic rings. The summed E-state index contributed by atoms with van der Waals surface area (Å²) in [5, 5.41) is 20.3. The van der Waals surface area contributed by atoms with Crippen molar-refractivity contribution < 1.29 is 14.4 Å². The van der Waals surface area contributed by atoms with Gasteiger partial charge >= 0.3 is 0 Å². The minimum Gasteiger partial charge on any atom is -0.493 e. The quantitative estimate of drug-likeness (QED) is 0.199. The Morgan fingerprint density at radius 1 is 1.04 bits per heavy atom. The number of anilines is 1. The fourth-order valence-corrected chi connectivity index (χ4v) is 2.49. The van der Waals surface area contributed by atoms with Crippen molar-refractivity contribution in [3.8, 4) is 11.5 Å². The summed E-state index contributed by atoms with van der Waals surface area (Å²) in [6.45, 7) is 1.84. The summed E-state index contributed by atoms with van der Waals surface area (Å²) in [7, 11) is 4.91. The number of benzene rings is 2. The van der Waals surface area contributed by atoms with Crippen LogP contribution < -0.4 is 25.4 Å². The van der Waals surface area contributed by atoms with E-state index in [1.165, 1.54) is 12.1 Å². The standard InChI is InChI=1S/C19H25N5O4/c1-20-19(23-13-14-4-9-17(27-2)18(12-14)28-3)22-11-10-21-15-5-7-16(8-6-15)24(25)26/h4-9,12,21H,10-11,13H2,1-3H3,(H2,20,22,23). The number of rotatable bonds is 9. The Balaban J connectivity index is 1.76. The average molecular weight is 387 g/mol. The molecule has 0 amide bonds. The van der Waals surface area contributed by atoms with Crippen LogP contribution in [-0.2, 0) is 6.54 Å². The molecule has 2 aromatic rings. The van der Waals surface area contributed by atoms with Gasteiger partial charge in [-0.1, -0.05) is 6.07 Å². The lowest BCUT2D eigenvalue weighted by Crippen LogP contribution is -2.39. The Hall–Kier alpha value is -3.49. The molecule has 28 heavy (non-hydrogen) atoms. The molecule has 0 aliphatic heterocycles. The summed E-state index contributed by atoms with van der Waals surface area (Å²) in [6, 6.07) is 12.0. The summed E-state index contributed by atoms with van der Waals surface area (Å²) >= 11 is 0. The van der Waals surface area contributed by atoms with E-state index in [2.05, 4.69) is 20.9 Å². The fourth-order valence-electron chi connectivity index (χ4n) is 2.49. The van der Waals surface area contributed by atoms with Crippen LogP contribution in [0.25, 0.3) is 0 Å². The van der Waals surface area contributed by atoms with E-state index in [9.17, 15) is 10.1 Å². The van der Waals surface area contributed by atoms with E-state index in [0.717, 1.165) is 11.3 Å². The molecule has 0 spiro atoms. The zero-order chi connectivity index (χ0) is 20.4. The molecular weight excluding hydrogens is 362 g/mol. The molecule has 2 rings (SSSR count). The summed E-state index contributed by atoms with van der Waals surface area (Å²) < 4.78 is 10.5. The third-order valence-electron chi connectivity index (χ3n) is 3.96. The van der Waals surface area contributed by atoms with Gasteiger partial charge in [0, 0.05) is 44.5 Å². The van der Waals surface area contributed by atoms with Gasteiger partial charge in [0.05, 0.1) is 19.1 Å². The first-order valence-corrected chi connectivity index (χ1v) is 8.71. The van der Waals surface area contributed by atoms with E-state index in [-0.39, 0.29) is 5.69 Å². The number of aliphatic imine (C=N–C) groups is 1. The SMILES string of the molecule is CN=C(NCCNc1ccc([N+](=O)[O-])cc1)NCc1ccc(OC)c(OC)c1. The van der Waals surface area contributed by atoms with Crippen LogP contribution >= 0.6 is 0 Å². The number of hydrogen-bond donors (Lipinski definition) is 3. The molecule has 0 unspecified atom stereocenters. The predicted molar refractivity (Wildman–Crippen MR) is 109 cm³/mol. The number of nitrogens with one attached hydrogen (secondary N) is 3. The summed E-state index contributed by atoms with van der Waals surface area (Å²) in [5.41, 5.74) is 1.92. The zero-order valence-corrected chi connectivity index (χ0v) is 16.2. The molecule has 0 atom stereocenters. The van der Waals surface area contributed by atoms with Crippen molar-refractivity contribution >= 4 is 17.3 Å². The maximum absolute atomic E-state index is 10.7. The van der Waals surface area contributed by atoms with Gasteiger partial charge in [-0.05, 0) is 29.8 Å². The number of methoxy groups -OCH3 is 2. The summed E-state index contributed by atoms with van der Waals surface area (Å²) in [6.07, 6.45) is 0. The molecule has 2 aromatic carbocycles. The van der Waals surface area contributed by atoms with Crippen LogP contribution in [0.5, 0.6) is 11.5 Å². The molecule has 0 saturated heterocycles. The molecule has 3 N–H and O–H groups in total. The highest BCUT2D eigenvalue weighted by Gasteiger charge is 2.06. The molecular formula is C19H25N5O4. The van der Waals surface area contributed by atoms with Crippen LogP contribution in [0.1, 0.15) is 5.56 Å². The van der Waals surface area contributed by atoms with Gasteiger partial charge in [-0.2, -0.15) is 0 Å². The van der Waals surface area contributed by atoms with Gasteiger partial charge in [0.15, 0.2) is 17.5 Å². The average Bonchev–Trinajstić information content (AvgIpc) is 2.73. The fraction of sp³-hybridized carbons (Fsp3) is 0.316. The predicted octanol–water partition coefficient (Wildman–Crippen LogP) is 2.39. The molecule has 150 valence electrons. The highest BCUT2D eigenvalue weighted by Crippen LogP contribution is 2.27. The minimum atomic E-state index is -0.417. The van der Waals surface area contributed by atoms with Crippen molar-refractivity contribution in [3.05, 3.63) is 58.1 Å². The van der Waals surface area contributed by atoms with Crippen molar-refractivity contribution in [1.29, 1.82) is 0 Å². The van der Waals surface area contributed by atoms with Crippen molar-refractivity contribution in [2.75, 3.05) is 39.7 Å². The first-order valence-electron chi connectivity index (χ1n) is 8.71. The van der Waals surface area contributed by atoms with Gasteiger partial charge < -0.3 is 25.4 Å². The maximum Gasteiger partial charge on any atom is 0.269 e. The molecule has 9 heteroatoms. The number of guanidine groups is 1. The third-order valence-corrected chi connectivity index (χ3v) is 3.96. The minimum absolute atomic E-state index is 0.0726.